The van der Waals surface area contributed by atoms with E-state index < -0.39 is 10.0 Å². The molecule has 29 heavy (non-hydrogen) atoms. The molecule has 0 aliphatic heterocycles. The summed E-state index contributed by atoms with van der Waals surface area (Å²) in [5.41, 5.74) is 2.03. The highest BCUT2D eigenvalue weighted by atomic mass is 32.2. The third kappa shape index (κ3) is 6.37. The van der Waals surface area contributed by atoms with Crippen LogP contribution < -0.4 is 10.0 Å². The summed E-state index contributed by atoms with van der Waals surface area (Å²) < 4.78 is 27.6. The van der Waals surface area contributed by atoms with Crippen LogP contribution in [-0.4, -0.2) is 26.6 Å². The number of carbonyl (C=O) groups is 1. The molecule has 0 aromatic heterocycles. The Morgan fingerprint density at radius 2 is 1.55 bits per heavy atom. The maximum Gasteiger partial charge on any atom is 0.261 e. The van der Waals surface area contributed by atoms with E-state index in [1.54, 1.807) is 54.2 Å². The second kappa shape index (κ2) is 10.1. The number of hydrogen-bond acceptors (Lipinski definition) is 4. The molecule has 0 atom stereocenters. The van der Waals surface area contributed by atoms with Gasteiger partial charge in [-0.15, -0.1) is 0 Å². The van der Waals surface area contributed by atoms with E-state index in [1.807, 2.05) is 18.2 Å². The number of carbonyl (C=O) groups excluding carboxylic acids is 1. The minimum Gasteiger partial charge on any atom is -0.351 e. The van der Waals surface area contributed by atoms with E-state index in [-0.39, 0.29) is 10.8 Å². The van der Waals surface area contributed by atoms with Crippen LogP contribution in [0, 0.1) is 0 Å². The molecule has 1 amide bonds. The van der Waals surface area contributed by atoms with Gasteiger partial charge in [-0.1, -0.05) is 54.6 Å². The first kappa shape index (κ1) is 21.0. The molecule has 150 valence electrons. The molecule has 7 heteroatoms. The van der Waals surface area contributed by atoms with Gasteiger partial charge in [0.2, 0.25) is 0 Å². The standard InChI is InChI=1S/C22H22N2O3S2/c25-22(23-14-15-28-17-18-8-3-1-4-9-18)19-10-7-13-21(16-19)29(26,27)24-20-11-5-2-6-12-20/h1-13,16,24H,14-15,17H2,(H,23,25). The van der Waals surface area contributed by atoms with Gasteiger partial charge in [0.15, 0.2) is 0 Å². The number of hydrogen-bond donors (Lipinski definition) is 2. The van der Waals surface area contributed by atoms with Gasteiger partial charge in [-0.2, -0.15) is 11.8 Å². The number of para-hydroxylation sites is 1. The van der Waals surface area contributed by atoms with E-state index in [9.17, 15) is 13.2 Å². The number of anilines is 1. The summed E-state index contributed by atoms with van der Waals surface area (Å²) in [4.78, 5) is 12.4. The van der Waals surface area contributed by atoms with Crippen LogP contribution in [0.2, 0.25) is 0 Å². The lowest BCUT2D eigenvalue weighted by atomic mass is 10.2. The van der Waals surface area contributed by atoms with E-state index in [4.69, 9.17) is 0 Å². The molecular formula is C22H22N2O3S2. The summed E-state index contributed by atoms with van der Waals surface area (Å²) in [6, 6.07) is 24.8. The van der Waals surface area contributed by atoms with Crippen molar-refractivity contribution in [1.29, 1.82) is 0 Å². The molecule has 0 unspecified atom stereocenters. The molecular weight excluding hydrogens is 404 g/mol. The van der Waals surface area contributed by atoms with Crippen molar-refractivity contribution >= 4 is 33.4 Å². The lowest BCUT2D eigenvalue weighted by Crippen LogP contribution is -2.26. The van der Waals surface area contributed by atoms with E-state index >= 15 is 0 Å². The Kier molecular flexibility index (Phi) is 7.32. The molecule has 0 saturated carbocycles. The molecule has 0 heterocycles. The zero-order valence-corrected chi connectivity index (χ0v) is 17.4. The third-order valence-corrected chi connectivity index (χ3v) is 6.49. The van der Waals surface area contributed by atoms with Crippen LogP contribution in [0.3, 0.4) is 0 Å². The summed E-state index contributed by atoms with van der Waals surface area (Å²) >= 11 is 1.73. The molecule has 5 nitrogen and oxygen atoms in total. The third-order valence-electron chi connectivity index (χ3n) is 4.08. The van der Waals surface area contributed by atoms with Crippen LogP contribution in [0.15, 0.2) is 89.8 Å². The zero-order chi connectivity index (χ0) is 20.5. The second-order valence-electron chi connectivity index (χ2n) is 6.29. The Labute approximate surface area is 175 Å². The lowest BCUT2D eigenvalue weighted by molar-refractivity contribution is 0.0956. The Bertz CT molecular complexity index is 1040. The Balaban J connectivity index is 1.53. The van der Waals surface area contributed by atoms with Crippen molar-refractivity contribution in [3.05, 3.63) is 96.1 Å². The maximum atomic E-state index is 12.6. The van der Waals surface area contributed by atoms with Crippen molar-refractivity contribution < 1.29 is 13.2 Å². The number of thioether (sulfide) groups is 1. The molecule has 0 bridgehead atoms. The fraction of sp³-hybridized carbons (Fsp3) is 0.136. The Morgan fingerprint density at radius 3 is 2.28 bits per heavy atom. The lowest BCUT2D eigenvalue weighted by Gasteiger charge is -2.10. The van der Waals surface area contributed by atoms with Gasteiger partial charge in [-0.05, 0) is 35.9 Å². The van der Waals surface area contributed by atoms with Crippen molar-refractivity contribution in [3.63, 3.8) is 0 Å². The van der Waals surface area contributed by atoms with Crippen LogP contribution in [-0.2, 0) is 15.8 Å². The van der Waals surface area contributed by atoms with Gasteiger partial charge in [0.25, 0.3) is 15.9 Å². The molecule has 3 aromatic carbocycles. The number of nitrogens with one attached hydrogen (secondary N) is 2. The summed E-state index contributed by atoms with van der Waals surface area (Å²) in [5, 5.41) is 2.84. The smallest absolute Gasteiger partial charge is 0.261 e. The Morgan fingerprint density at radius 1 is 0.862 bits per heavy atom. The number of sulfonamides is 1. The van der Waals surface area contributed by atoms with E-state index in [0.29, 0.717) is 17.8 Å². The Hall–Kier alpha value is -2.77. The number of rotatable bonds is 9. The normalized spacial score (nSPS) is 11.0. The quantitative estimate of drug-likeness (QED) is 0.504. The molecule has 0 saturated heterocycles. The molecule has 3 aromatic rings. The predicted molar refractivity (Wildman–Crippen MR) is 119 cm³/mol. The molecule has 0 aliphatic rings. The van der Waals surface area contributed by atoms with Gasteiger partial charge in [0, 0.05) is 29.3 Å². The maximum absolute atomic E-state index is 12.6. The monoisotopic (exact) mass is 426 g/mol. The summed E-state index contributed by atoms with van der Waals surface area (Å²) in [6.45, 7) is 0.510. The van der Waals surface area contributed by atoms with Crippen molar-refractivity contribution in [2.75, 3.05) is 17.0 Å². The van der Waals surface area contributed by atoms with Gasteiger partial charge < -0.3 is 5.32 Å². The fourth-order valence-corrected chi connectivity index (χ4v) is 4.55. The molecule has 3 rings (SSSR count). The first-order valence-electron chi connectivity index (χ1n) is 9.12. The minimum atomic E-state index is -3.76. The topological polar surface area (TPSA) is 75.3 Å². The predicted octanol–water partition coefficient (Wildman–Crippen LogP) is 4.15. The van der Waals surface area contributed by atoms with Crippen LogP contribution in [0.5, 0.6) is 0 Å². The first-order valence-corrected chi connectivity index (χ1v) is 11.8. The van der Waals surface area contributed by atoms with Crippen LogP contribution in [0.4, 0.5) is 5.69 Å². The van der Waals surface area contributed by atoms with E-state index in [0.717, 1.165) is 11.5 Å². The summed E-state index contributed by atoms with van der Waals surface area (Å²) in [7, 11) is -3.76. The van der Waals surface area contributed by atoms with Gasteiger partial charge in [0.05, 0.1) is 4.90 Å². The molecule has 0 aliphatic carbocycles. The summed E-state index contributed by atoms with van der Waals surface area (Å²) in [6.07, 6.45) is 0. The highest BCUT2D eigenvalue weighted by Gasteiger charge is 2.16. The molecule has 0 fully saturated rings. The van der Waals surface area contributed by atoms with Crippen LogP contribution >= 0.6 is 11.8 Å². The summed E-state index contributed by atoms with van der Waals surface area (Å²) in [5.74, 6) is 1.37. The average Bonchev–Trinajstić information content (AvgIpc) is 2.74. The van der Waals surface area contributed by atoms with Crippen molar-refractivity contribution in [3.8, 4) is 0 Å². The van der Waals surface area contributed by atoms with Gasteiger partial charge >= 0.3 is 0 Å². The van der Waals surface area contributed by atoms with Crippen molar-refractivity contribution in [2.24, 2.45) is 0 Å². The van der Waals surface area contributed by atoms with Gasteiger partial charge in [0.1, 0.15) is 0 Å². The number of benzene rings is 3. The number of amides is 1. The fourth-order valence-electron chi connectivity index (χ4n) is 2.63. The molecule has 0 spiro atoms. The van der Waals surface area contributed by atoms with Crippen molar-refractivity contribution in [1.82, 2.24) is 5.32 Å². The highest BCUT2D eigenvalue weighted by Crippen LogP contribution is 2.17. The largest absolute Gasteiger partial charge is 0.351 e. The first-order chi connectivity index (χ1) is 14.0. The minimum absolute atomic E-state index is 0.0486. The highest BCUT2D eigenvalue weighted by molar-refractivity contribution is 7.98. The van der Waals surface area contributed by atoms with Crippen LogP contribution in [0.25, 0.3) is 0 Å². The molecule has 0 radical (unpaired) electrons. The molecule has 2 N–H and O–H groups in total. The van der Waals surface area contributed by atoms with Gasteiger partial charge in [-0.25, -0.2) is 8.42 Å². The van der Waals surface area contributed by atoms with E-state index in [2.05, 4.69) is 22.2 Å². The van der Waals surface area contributed by atoms with E-state index in [1.165, 1.54) is 17.7 Å². The average molecular weight is 427 g/mol. The zero-order valence-electron chi connectivity index (χ0n) is 15.7. The van der Waals surface area contributed by atoms with Crippen LogP contribution in [0.1, 0.15) is 15.9 Å². The van der Waals surface area contributed by atoms with Gasteiger partial charge in [-0.3, -0.25) is 9.52 Å². The second-order valence-corrected chi connectivity index (χ2v) is 9.08. The SMILES string of the molecule is O=C(NCCSCc1ccccc1)c1cccc(S(=O)(=O)Nc2ccccc2)c1. The van der Waals surface area contributed by atoms with Crippen molar-refractivity contribution in [2.45, 2.75) is 10.6 Å².